The Hall–Kier alpha value is -0.380. The summed E-state index contributed by atoms with van der Waals surface area (Å²) in [6.45, 7) is 4.55. The van der Waals surface area contributed by atoms with Crippen LogP contribution in [0.3, 0.4) is 0 Å². The fourth-order valence-corrected chi connectivity index (χ4v) is 6.13. The monoisotopic (exact) mass is 516 g/mol. The third kappa shape index (κ3) is 3.88. The molecule has 0 bridgehead atoms. The predicted octanol–water partition coefficient (Wildman–Crippen LogP) is 0.791. The van der Waals surface area contributed by atoms with Crippen LogP contribution in [0.15, 0.2) is 33.6 Å². The molecule has 1 N–H and O–H groups in total. The van der Waals surface area contributed by atoms with E-state index >= 15 is 0 Å². The molecule has 0 aliphatic carbocycles. The number of aliphatic hydroxyl groups excluding tert-OH is 1. The van der Waals surface area contributed by atoms with Crippen LogP contribution < -0.4 is 17.2 Å². The minimum absolute atomic E-state index is 0.0155. The number of benzene rings is 1. The molecule has 3 nitrogen and oxygen atoms in total. The summed E-state index contributed by atoms with van der Waals surface area (Å²) in [6.07, 6.45) is 0.517. The fraction of sp³-hybridized carbons (Fsp3) is 0.400. The number of rotatable bonds is 4. The van der Waals surface area contributed by atoms with E-state index < -0.39 is 17.2 Å². The van der Waals surface area contributed by atoms with Gasteiger partial charge >= 0.3 is 145 Å². The van der Waals surface area contributed by atoms with Gasteiger partial charge < -0.3 is 0 Å². The van der Waals surface area contributed by atoms with Crippen molar-refractivity contribution in [3.8, 4) is 0 Å². The predicted molar refractivity (Wildman–Crippen MR) is 83.9 cm³/mol. The van der Waals surface area contributed by atoms with E-state index in [0.717, 1.165) is 5.56 Å². The molecule has 116 valence electrons. The standard InChI is InChI=1S/C15H17FI2NO2/c1-9(2)12-7-13(20)14(18-17)15(21)19(12)8-10-3-5-11(16)6-4-10/h3-6,9,12,20H,7-8H2,1-2H3/q-1. The number of halogens is 3. The van der Waals surface area contributed by atoms with Gasteiger partial charge in [-0.3, -0.25) is 0 Å². The number of aliphatic hydroxyl groups is 1. The van der Waals surface area contributed by atoms with Gasteiger partial charge in [0.15, 0.2) is 0 Å². The van der Waals surface area contributed by atoms with E-state index in [1.807, 2.05) is 18.7 Å². The second-order valence-electron chi connectivity index (χ2n) is 5.41. The molecule has 1 aromatic rings. The summed E-state index contributed by atoms with van der Waals surface area (Å²) in [5.41, 5.74) is 0.905. The quantitative estimate of drug-likeness (QED) is 0.602. The van der Waals surface area contributed by atoms with Crippen LogP contribution in [0.2, 0.25) is 0 Å². The van der Waals surface area contributed by atoms with E-state index in [9.17, 15) is 14.3 Å². The summed E-state index contributed by atoms with van der Waals surface area (Å²) in [7, 11) is 0. The molecule has 0 aromatic heterocycles. The first kappa shape index (κ1) is 17.0. The van der Waals surface area contributed by atoms with Gasteiger partial charge in [0.1, 0.15) is 0 Å². The summed E-state index contributed by atoms with van der Waals surface area (Å²) < 4.78 is 13.6. The van der Waals surface area contributed by atoms with Gasteiger partial charge in [-0.05, 0) is 0 Å². The number of carbonyl (C=O) groups excluding carboxylic acids is 1. The molecular formula is C15H17FI2NO2-. The Morgan fingerprint density at radius 2 is 2.05 bits per heavy atom. The zero-order valence-corrected chi connectivity index (χ0v) is 16.1. The normalized spacial score (nSPS) is 19.8. The topological polar surface area (TPSA) is 40.5 Å². The van der Waals surface area contributed by atoms with Crippen LogP contribution in [-0.2, 0) is 11.3 Å². The fourth-order valence-electron chi connectivity index (χ4n) is 2.44. The summed E-state index contributed by atoms with van der Waals surface area (Å²) in [5.74, 6) is 0.172. The van der Waals surface area contributed by atoms with Gasteiger partial charge in [-0.15, -0.1) is 0 Å². The van der Waals surface area contributed by atoms with E-state index in [1.165, 1.54) is 12.1 Å². The Kier molecular flexibility index (Phi) is 5.87. The van der Waals surface area contributed by atoms with Crippen molar-refractivity contribution in [3.63, 3.8) is 0 Å². The maximum atomic E-state index is 13.0. The van der Waals surface area contributed by atoms with Crippen molar-refractivity contribution in [1.82, 2.24) is 4.90 Å². The molecule has 1 aromatic carbocycles. The molecule has 0 spiro atoms. The van der Waals surface area contributed by atoms with E-state index in [1.54, 1.807) is 12.1 Å². The number of amides is 1. The summed E-state index contributed by atoms with van der Waals surface area (Å²) >= 11 is 1.71. The summed E-state index contributed by atoms with van der Waals surface area (Å²) in [5, 5.41) is 10.1. The Morgan fingerprint density at radius 3 is 2.57 bits per heavy atom. The van der Waals surface area contributed by atoms with Crippen molar-refractivity contribution >= 4 is 24.5 Å². The molecule has 1 unspecified atom stereocenters. The van der Waals surface area contributed by atoms with Gasteiger partial charge in [-0.25, -0.2) is 0 Å². The van der Waals surface area contributed by atoms with Crippen LogP contribution >= 0.6 is 18.6 Å². The third-order valence-electron chi connectivity index (χ3n) is 3.61. The van der Waals surface area contributed by atoms with Gasteiger partial charge in [0.05, 0.1) is 0 Å². The first-order chi connectivity index (χ1) is 9.93. The van der Waals surface area contributed by atoms with Crippen molar-refractivity contribution in [2.45, 2.75) is 32.9 Å². The molecule has 0 fully saturated rings. The molecule has 0 saturated heterocycles. The van der Waals surface area contributed by atoms with Crippen molar-refractivity contribution < 1.29 is 31.5 Å². The van der Waals surface area contributed by atoms with E-state index in [0.29, 0.717) is 16.5 Å². The molecule has 1 aliphatic heterocycles. The maximum absolute atomic E-state index is 13.0. The van der Waals surface area contributed by atoms with E-state index in [4.69, 9.17) is 0 Å². The van der Waals surface area contributed by atoms with Crippen molar-refractivity contribution in [2.75, 3.05) is 0 Å². The number of hydrogen-bond acceptors (Lipinski definition) is 2. The van der Waals surface area contributed by atoms with E-state index in [-0.39, 0.29) is 29.4 Å². The molecular weight excluding hydrogens is 499 g/mol. The molecule has 1 aliphatic rings. The van der Waals surface area contributed by atoms with Crippen LogP contribution in [0.4, 0.5) is 4.39 Å². The SMILES string of the molecule is CC(C)C1CC(O)=C([I-]I)C(=O)N1Cc1ccc(F)cc1. The Balaban J connectivity index is 2.29. The molecule has 21 heavy (non-hydrogen) atoms. The average molecular weight is 516 g/mol. The molecule has 2 rings (SSSR count). The van der Waals surface area contributed by atoms with Crippen LogP contribution in [0, 0.1) is 11.7 Å². The number of hydrogen-bond donors (Lipinski definition) is 1. The average Bonchev–Trinajstić information content (AvgIpc) is 2.44. The van der Waals surface area contributed by atoms with Crippen molar-refractivity contribution in [2.24, 2.45) is 5.92 Å². The minimum atomic E-state index is -0.494. The van der Waals surface area contributed by atoms with Crippen LogP contribution in [-0.4, -0.2) is 22.0 Å². The van der Waals surface area contributed by atoms with Crippen LogP contribution in [0.25, 0.3) is 0 Å². The Bertz CT molecular complexity index is 557. The number of carbonyl (C=O) groups is 1. The zero-order valence-electron chi connectivity index (χ0n) is 11.8. The van der Waals surface area contributed by atoms with E-state index in [2.05, 4.69) is 18.6 Å². The number of nitrogens with zero attached hydrogens (tertiary/aromatic N) is 1. The van der Waals surface area contributed by atoms with Gasteiger partial charge in [-0.1, -0.05) is 0 Å². The van der Waals surface area contributed by atoms with Crippen LogP contribution in [0.5, 0.6) is 0 Å². The Labute approximate surface area is 144 Å². The molecule has 6 heteroatoms. The molecule has 1 amide bonds. The van der Waals surface area contributed by atoms with Crippen molar-refractivity contribution in [3.05, 3.63) is 45.0 Å². The second-order valence-corrected chi connectivity index (χ2v) is 9.63. The molecule has 1 heterocycles. The van der Waals surface area contributed by atoms with Gasteiger partial charge in [0.2, 0.25) is 0 Å². The van der Waals surface area contributed by atoms with Crippen molar-refractivity contribution in [1.29, 1.82) is 0 Å². The molecule has 0 radical (unpaired) electrons. The van der Waals surface area contributed by atoms with Gasteiger partial charge in [-0.2, -0.15) is 0 Å². The summed E-state index contributed by atoms with van der Waals surface area (Å²) in [4.78, 5) is 14.4. The molecule has 0 saturated carbocycles. The molecule has 1 atom stereocenters. The second kappa shape index (κ2) is 7.26. The Morgan fingerprint density at radius 1 is 1.43 bits per heavy atom. The van der Waals surface area contributed by atoms with Crippen LogP contribution in [0.1, 0.15) is 25.8 Å². The summed E-state index contributed by atoms with van der Waals surface area (Å²) in [6, 6.07) is 6.22. The zero-order chi connectivity index (χ0) is 15.6. The first-order valence-corrected chi connectivity index (χ1v) is 14.0. The van der Waals surface area contributed by atoms with Gasteiger partial charge in [0, 0.05) is 0 Å². The first-order valence-electron chi connectivity index (χ1n) is 6.67. The van der Waals surface area contributed by atoms with Gasteiger partial charge in [0.25, 0.3) is 0 Å². The third-order valence-corrected chi connectivity index (χ3v) is 7.84.